The molecule has 2 unspecified atom stereocenters. The Bertz CT molecular complexity index is 151. The van der Waals surface area contributed by atoms with Crippen molar-refractivity contribution in [1.29, 1.82) is 0 Å². The normalized spacial score (nSPS) is 29.2. The zero-order chi connectivity index (χ0) is 8.97. The molecule has 0 bridgehead atoms. The van der Waals surface area contributed by atoms with Crippen molar-refractivity contribution in [2.24, 2.45) is 5.92 Å². The van der Waals surface area contributed by atoms with Crippen LogP contribution in [0.3, 0.4) is 0 Å². The van der Waals surface area contributed by atoms with Gasteiger partial charge in [-0.2, -0.15) is 0 Å². The second-order valence-corrected chi connectivity index (χ2v) is 4.08. The Kier molecular flexibility index (Phi) is 3.80. The van der Waals surface area contributed by atoms with E-state index in [0.717, 1.165) is 12.0 Å². The summed E-state index contributed by atoms with van der Waals surface area (Å²) in [5, 5.41) is 3.41. The Morgan fingerprint density at radius 2 is 2.25 bits per heavy atom. The molecule has 2 atom stereocenters. The molecule has 0 saturated heterocycles. The van der Waals surface area contributed by atoms with Crippen LogP contribution in [0.15, 0.2) is 12.2 Å². The van der Waals surface area contributed by atoms with Crippen molar-refractivity contribution in [3.63, 3.8) is 0 Å². The second-order valence-electron chi connectivity index (χ2n) is 4.08. The summed E-state index contributed by atoms with van der Waals surface area (Å²) < 4.78 is 0. The van der Waals surface area contributed by atoms with Crippen molar-refractivity contribution < 1.29 is 0 Å². The molecule has 1 aliphatic carbocycles. The molecule has 0 aromatic carbocycles. The fourth-order valence-corrected chi connectivity index (χ4v) is 2.19. The van der Waals surface area contributed by atoms with Crippen LogP contribution in [0, 0.1) is 5.92 Å². The van der Waals surface area contributed by atoms with Crippen LogP contribution >= 0.6 is 0 Å². The van der Waals surface area contributed by atoms with Crippen molar-refractivity contribution in [1.82, 2.24) is 5.32 Å². The second kappa shape index (κ2) is 4.66. The molecule has 1 rings (SSSR count). The van der Waals surface area contributed by atoms with Gasteiger partial charge in [-0.05, 0) is 45.6 Å². The molecular weight excluding hydrogens is 146 g/mol. The highest BCUT2D eigenvalue weighted by Gasteiger charge is 2.24. The maximum absolute atomic E-state index is 3.95. The van der Waals surface area contributed by atoms with Gasteiger partial charge in [0.05, 0.1) is 0 Å². The summed E-state index contributed by atoms with van der Waals surface area (Å²) in [6.07, 6.45) is 6.74. The van der Waals surface area contributed by atoms with E-state index in [-0.39, 0.29) is 0 Å². The monoisotopic (exact) mass is 167 g/mol. The van der Waals surface area contributed by atoms with E-state index in [4.69, 9.17) is 0 Å². The molecule has 0 spiro atoms. The van der Waals surface area contributed by atoms with Crippen molar-refractivity contribution in [2.75, 3.05) is 7.05 Å². The topological polar surface area (TPSA) is 12.0 Å². The third kappa shape index (κ3) is 2.63. The number of nitrogens with one attached hydrogen (secondary N) is 1. The lowest BCUT2D eigenvalue weighted by Crippen LogP contribution is -2.28. The van der Waals surface area contributed by atoms with Gasteiger partial charge in [-0.25, -0.2) is 0 Å². The molecule has 1 aliphatic rings. The van der Waals surface area contributed by atoms with E-state index in [2.05, 4.69) is 25.9 Å². The summed E-state index contributed by atoms with van der Waals surface area (Å²) in [4.78, 5) is 0. The van der Waals surface area contributed by atoms with Crippen LogP contribution in [-0.4, -0.2) is 13.1 Å². The molecule has 1 nitrogen and oxygen atoms in total. The summed E-state index contributed by atoms with van der Waals surface area (Å²) in [7, 11) is 2.09. The molecule has 0 heterocycles. The van der Waals surface area contributed by atoms with Crippen molar-refractivity contribution in [3.05, 3.63) is 12.2 Å². The molecule has 0 amide bonds. The minimum absolute atomic E-state index is 0.782. The lowest BCUT2D eigenvalue weighted by atomic mass is 9.96. The van der Waals surface area contributed by atoms with Gasteiger partial charge < -0.3 is 5.32 Å². The van der Waals surface area contributed by atoms with E-state index in [1.165, 1.54) is 37.7 Å². The lowest BCUT2D eigenvalue weighted by Gasteiger charge is -2.18. The highest BCUT2D eigenvalue weighted by molar-refractivity contribution is 4.91. The Labute approximate surface area is 76.2 Å². The van der Waals surface area contributed by atoms with E-state index in [1.54, 1.807) is 0 Å². The van der Waals surface area contributed by atoms with Crippen LogP contribution in [0.5, 0.6) is 0 Å². The molecule has 1 N–H and O–H groups in total. The third-order valence-electron chi connectivity index (χ3n) is 2.97. The van der Waals surface area contributed by atoms with Gasteiger partial charge in [-0.3, -0.25) is 0 Å². The summed E-state index contributed by atoms with van der Waals surface area (Å²) in [6.45, 7) is 6.07. The number of hydrogen-bond acceptors (Lipinski definition) is 1. The van der Waals surface area contributed by atoms with Crippen molar-refractivity contribution in [3.8, 4) is 0 Å². The van der Waals surface area contributed by atoms with Crippen LogP contribution in [-0.2, 0) is 0 Å². The van der Waals surface area contributed by atoms with Crippen molar-refractivity contribution in [2.45, 2.75) is 45.1 Å². The minimum Gasteiger partial charge on any atom is -0.317 e. The van der Waals surface area contributed by atoms with Gasteiger partial charge >= 0.3 is 0 Å². The molecule has 0 aromatic rings. The number of hydrogen-bond donors (Lipinski definition) is 1. The standard InChI is InChI=1S/C11H21N/c1-9(2)7-8-10-5-4-6-11(10)12-3/h10-12H,1,4-8H2,2-3H3. The van der Waals surface area contributed by atoms with E-state index in [0.29, 0.717) is 0 Å². The Morgan fingerprint density at radius 1 is 1.50 bits per heavy atom. The van der Waals surface area contributed by atoms with Crippen LogP contribution in [0.2, 0.25) is 0 Å². The summed E-state index contributed by atoms with van der Waals surface area (Å²) >= 11 is 0. The molecule has 0 radical (unpaired) electrons. The van der Waals surface area contributed by atoms with E-state index in [1.807, 2.05) is 0 Å². The Hall–Kier alpha value is -0.300. The molecule has 70 valence electrons. The fraction of sp³-hybridized carbons (Fsp3) is 0.818. The predicted molar refractivity (Wildman–Crippen MR) is 54.2 cm³/mol. The first kappa shape index (κ1) is 9.79. The predicted octanol–water partition coefficient (Wildman–Crippen LogP) is 2.73. The highest BCUT2D eigenvalue weighted by atomic mass is 14.9. The van der Waals surface area contributed by atoms with Crippen LogP contribution in [0.25, 0.3) is 0 Å². The SMILES string of the molecule is C=C(C)CCC1CCCC1NC. The third-order valence-corrected chi connectivity index (χ3v) is 2.97. The Balaban J connectivity index is 2.26. The van der Waals surface area contributed by atoms with E-state index < -0.39 is 0 Å². The molecule has 1 fully saturated rings. The fourth-order valence-electron chi connectivity index (χ4n) is 2.19. The number of rotatable bonds is 4. The average Bonchev–Trinajstić information content (AvgIpc) is 2.47. The van der Waals surface area contributed by atoms with Gasteiger partial charge in [0, 0.05) is 6.04 Å². The molecule has 1 saturated carbocycles. The van der Waals surface area contributed by atoms with Crippen LogP contribution in [0.1, 0.15) is 39.0 Å². The highest BCUT2D eigenvalue weighted by Crippen LogP contribution is 2.29. The zero-order valence-electron chi connectivity index (χ0n) is 8.40. The van der Waals surface area contributed by atoms with Gasteiger partial charge in [0.1, 0.15) is 0 Å². The van der Waals surface area contributed by atoms with E-state index >= 15 is 0 Å². The molecule has 1 heteroatoms. The molecule has 0 aromatic heterocycles. The maximum Gasteiger partial charge on any atom is 0.00924 e. The molecule has 0 aliphatic heterocycles. The quantitative estimate of drug-likeness (QED) is 0.635. The molecular formula is C11H21N. The first-order chi connectivity index (χ1) is 5.74. The molecule has 12 heavy (non-hydrogen) atoms. The van der Waals surface area contributed by atoms with Gasteiger partial charge in [-0.15, -0.1) is 6.58 Å². The zero-order valence-corrected chi connectivity index (χ0v) is 8.40. The van der Waals surface area contributed by atoms with Crippen LogP contribution < -0.4 is 5.32 Å². The first-order valence-electron chi connectivity index (χ1n) is 5.05. The van der Waals surface area contributed by atoms with Gasteiger partial charge in [0.25, 0.3) is 0 Å². The Morgan fingerprint density at radius 3 is 2.83 bits per heavy atom. The minimum atomic E-state index is 0.782. The smallest absolute Gasteiger partial charge is 0.00924 e. The summed E-state index contributed by atoms with van der Waals surface area (Å²) in [5.41, 5.74) is 1.33. The maximum atomic E-state index is 3.95. The average molecular weight is 167 g/mol. The van der Waals surface area contributed by atoms with Crippen molar-refractivity contribution >= 4 is 0 Å². The summed E-state index contributed by atoms with van der Waals surface area (Å²) in [5.74, 6) is 0.909. The van der Waals surface area contributed by atoms with E-state index in [9.17, 15) is 0 Å². The first-order valence-corrected chi connectivity index (χ1v) is 5.05. The van der Waals surface area contributed by atoms with Gasteiger partial charge in [0.15, 0.2) is 0 Å². The van der Waals surface area contributed by atoms with Crippen LogP contribution in [0.4, 0.5) is 0 Å². The largest absolute Gasteiger partial charge is 0.317 e. The summed E-state index contributed by atoms with van der Waals surface area (Å²) in [6, 6.07) is 0.782. The van der Waals surface area contributed by atoms with Gasteiger partial charge in [0.2, 0.25) is 0 Å². The number of allylic oxidation sites excluding steroid dienone is 1. The lowest BCUT2D eigenvalue weighted by molar-refractivity contribution is 0.400. The van der Waals surface area contributed by atoms with Gasteiger partial charge in [-0.1, -0.05) is 12.0 Å².